The van der Waals surface area contributed by atoms with E-state index in [-0.39, 0.29) is 0 Å². The van der Waals surface area contributed by atoms with E-state index in [1.54, 1.807) is 6.20 Å². The van der Waals surface area contributed by atoms with Crippen molar-refractivity contribution in [2.24, 2.45) is 5.10 Å². The average molecular weight is 289 g/mol. The third-order valence-electron chi connectivity index (χ3n) is 3.72. The van der Waals surface area contributed by atoms with Crippen LogP contribution in [0, 0.1) is 0 Å². The number of hydrogen-bond donors (Lipinski definition) is 0. The molecule has 5 heteroatoms. The van der Waals surface area contributed by atoms with Crippen LogP contribution in [0.5, 0.6) is 0 Å². The lowest BCUT2D eigenvalue weighted by molar-refractivity contribution is 0.502. The van der Waals surface area contributed by atoms with Crippen molar-refractivity contribution in [3.05, 3.63) is 55.3 Å². The fourth-order valence-corrected chi connectivity index (χ4v) is 2.64. The molecule has 0 radical (unpaired) electrons. The molecule has 3 heterocycles. The minimum absolute atomic E-state index is 0.683. The number of nitrogens with zero attached hydrogens (tertiary/aromatic N) is 5. The highest BCUT2D eigenvalue weighted by Crippen LogP contribution is 2.25. The molecule has 0 saturated carbocycles. The van der Waals surface area contributed by atoms with E-state index in [4.69, 9.17) is 4.98 Å². The highest BCUT2D eigenvalue weighted by molar-refractivity contribution is 6.03. The maximum absolute atomic E-state index is 4.78. The van der Waals surface area contributed by atoms with Gasteiger partial charge in [0.2, 0.25) is 0 Å². The fraction of sp³-hybridized carbons (Fsp3) is 0.118. The minimum atomic E-state index is 0.683. The summed E-state index contributed by atoms with van der Waals surface area (Å²) in [5.41, 5.74) is 1.83. The van der Waals surface area contributed by atoms with Crippen molar-refractivity contribution in [3.8, 4) is 0 Å². The van der Waals surface area contributed by atoms with E-state index in [1.807, 2.05) is 29.6 Å². The molecule has 0 saturated heterocycles. The van der Waals surface area contributed by atoms with Crippen LogP contribution in [0.1, 0.15) is 0 Å². The lowest BCUT2D eigenvalue weighted by Crippen LogP contribution is -2.26. The minimum Gasteiger partial charge on any atom is -0.338 e. The van der Waals surface area contributed by atoms with E-state index in [9.17, 15) is 0 Å². The first kappa shape index (κ1) is 12.8. The molecule has 1 aromatic carbocycles. The van der Waals surface area contributed by atoms with E-state index in [0.29, 0.717) is 6.67 Å². The Labute approximate surface area is 128 Å². The molecule has 0 N–H and O–H groups in total. The lowest BCUT2D eigenvalue weighted by atomic mass is 10.1. The van der Waals surface area contributed by atoms with Crippen molar-refractivity contribution in [2.45, 2.75) is 0 Å². The maximum Gasteiger partial charge on any atom is 0.151 e. The summed E-state index contributed by atoms with van der Waals surface area (Å²) in [6.07, 6.45) is 5.48. The zero-order valence-electron chi connectivity index (χ0n) is 12.1. The van der Waals surface area contributed by atoms with Gasteiger partial charge in [0.1, 0.15) is 13.0 Å². The molecule has 0 fully saturated rings. The van der Waals surface area contributed by atoms with Crippen molar-refractivity contribution in [3.63, 3.8) is 0 Å². The van der Waals surface area contributed by atoms with E-state index < -0.39 is 0 Å². The van der Waals surface area contributed by atoms with Crippen molar-refractivity contribution < 1.29 is 0 Å². The van der Waals surface area contributed by atoms with E-state index in [0.717, 1.165) is 34.2 Å². The summed E-state index contributed by atoms with van der Waals surface area (Å²) in [7, 11) is 0. The number of hydrogen-bond acceptors (Lipinski definition) is 5. The lowest BCUT2D eigenvalue weighted by Gasteiger charge is -2.17. The fourth-order valence-electron chi connectivity index (χ4n) is 2.64. The number of benzene rings is 1. The summed E-state index contributed by atoms with van der Waals surface area (Å²) in [5, 5.41) is 8.46. The summed E-state index contributed by atoms with van der Waals surface area (Å²) in [6.45, 7) is 5.21. The second-order valence-corrected chi connectivity index (χ2v) is 5.21. The smallest absolute Gasteiger partial charge is 0.151 e. The molecule has 5 nitrogen and oxygen atoms in total. The standard InChI is InChI=1S/C17H15N5/c1-2-10-21-11-19-22(12-21)15-8-7-14-6-5-13-4-3-9-18-16(13)17(14)20-15/h2-9,11H,1,10,12H2. The van der Waals surface area contributed by atoms with Gasteiger partial charge in [0.15, 0.2) is 5.82 Å². The first-order valence-electron chi connectivity index (χ1n) is 7.16. The molecule has 4 rings (SSSR count). The summed E-state index contributed by atoms with van der Waals surface area (Å²) in [4.78, 5) is 11.3. The average Bonchev–Trinajstić information content (AvgIpc) is 3.03. The van der Waals surface area contributed by atoms with Crippen molar-refractivity contribution in [2.75, 3.05) is 18.2 Å². The Morgan fingerprint density at radius 2 is 1.91 bits per heavy atom. The van der Waals surface area contributed by atoms with Crippen LogP contribution in [-0.4, -0.2) is 34.4 Å². The van der Waals surface area contributed by atoms with E-state index in [1.165, 1.54) is 0 Å². The number of fused-ring (bicyclic) bond motifs is 3. The molecule has 0 unspecified atom stereocenters. The van der Waals surface area contributed by atoms with Gasteiger partial charge >= 0.3 is 0 Å². The molecular weight excluding hydrogens is 274 g/mol. The summed E-state index contributed by atoms with van der Waals surface area (Å²) in [5.74, 6) is 0.827. The van der Waals surface area contributed by atoms with Crippen LogP contribution in [0.4, 0.5) is 5.82 Å². The van der Waals surface area contributed by atoms with Gasteiger partial charge in [-0.3, -0.25) is 4.98 Å². The summed E-state index contributed by atoms with van der Waals surface area (Å²) in [6, 6.07) is 12.2. The Morgan fingerprint density at radius 1 is 1.09 bits per heavy atom. The number of anilines is 1. The zero-order chi connectivity index (χ0) is 14.9. The van der Waals surface area contributed by atoms with Crippen LogP contribution < -0.4 is 5.01 Å². The van der Waals surface area contributed by atoms with Gasteiger partial charge in [0.25, 0.3) is 0 Å². The van der Waals surface area contributed by atoms with Gasteiger partial charge in [-0.15, -0.1) is 6.58 Å². The van der Waals surface area contributed by atoms with Crippen LogP contribution in [0.2, 0.25) is 0 Å². The number of rotatable bonds is 3. The topological polar surface area (TPSA) is 44.6 Å². The predicted molar refractivity (Wildman–Crippen MR) is 89.8 cm³/mol. The molecular formula is C17H15N5. The van der Waals surface area contributed by atoms with Crippen molar-refractivity contribution >= 4 is 34.0 Å². The van der Waals surface area contributed by atoms with Crippen LogP contribution in [0.15, 0.2) is 60.4 Å². The Balaban J connectivity index is 1.79. The largest absolute Gasteiger partial charge is 0.338 e. The zero-order valence-corrected chi connectivity index (χ0v) is 12.1. The Kier molecular flexibility index (Phi) is 2.96. The molecule has 0 atom stereocenters. The Morgan fingerprint density at radius 3 is 2.77 bits per heavy atom. The van der Waals surface area contributed by atoms with Gasteiger partial charge in [-0.25, -0.2) is 9.99 Å². The third-order valence-corrected chi connectivity index (χ3v) is 3.72. The first-order chi connectivity index (χ1) is 10.8. The predicted octanol–water partition coefficient (Wildman–Crippen LogP) is 2.99. The number of pyridine rings is 2. The Bertz CT molecular complexity index is 886. The molecule has 1 aliphatic heterocycles. The monoisotopic (exact) mass is 289 g/mol. The maximum atomic E-state index is 4.78. The van der Waals surface area contributed by atoms with Gasteiger partial charge in [-0.2, -0.15) is 5.10 Å². The SMILES string of the molecule is C=CCN1C=NN(c2ccc3ccc4cccnc4c3n2)C1. The molecule has 3 aromatic rings. The van der Waals surface area contributed by atoms with Gasteiger partial charge in [0.05, 0.1) is 11.0 Å². The molecule has 22 heavy (non-hydrogen) atoms. The van der Waals surface area contributed by atoms with Gasteiger partial charge in [-0.1, -0.05) is 24.3 Å². The van der Waals surface area contributed by atoms with Gasteiger partial charge < -0.3 is 4.90 Å². The van der Waals surface area contributed by atoms with E-state index in [2.05, 4.69) is 45.8 Å². The highest BCUT2D eigenvalue weighted by Gasteiger charge is 2.16. The molecule has 0 bridgehead atoms. The highest BCUT2D eigenvalue weighted by atomic mass is 15.6. The van der Waals surface area contributed by atoms with Crippen LogP contribution in [-0.2, 0) is 0 Å². The molecule has 2 aromatic heterocycles. The second-order valence-electron chi connectivity index (χ2n) is 5.21. The molecule has 0 aliphatic carbocycles. The quantitative estimate of drug-likeness (QED) is 0.549. The normalized spacial score (nSPS) is 14.2. The molecule has 0 amide bonds. The van der Waals surface area contributed by atoms with E-state index >= 15 is 0 Å². The molecule has 1 aliphatic rings. The van der Waals surface area contributed by atoms with Gasteiger partial charge in [-0.05, 0) is 18.2 Å². The second kappa shape index (κ2) is 5.11. The van der Waals surface area contributed by atoms with Crippen LogP contribution in [0.3, 0.4) is 0 Å². The number of hydrazone groups is 1. The Hall–Kier alpha value is -2.95. The van der Waals surface area contributed by atoms with Crippen molar-refractivity contribution in [1.29, 1.82) is 0 Å². The van der Waals surface area contributed by atoms with Crippen LogP contribution in [0.25, 0.3) is 21.8 Å². The van der Waals surface area contributed by atoms with Crippen LogP contribution >= 0.6 is 0 Å². The summed E-state index contributed by atoms with van der Waals surface area (Å²) < 4.78 is 0. The van der Waals surface area contributed by atoms with Gasteiger partial charge in [0, 0.05) is 23.5 Å². The van der Waals surface area contributed by atoms with Crippen molar-refractivity contribution in [1.82, 2.24) is 14.9 Å². The third kappa shape index (κ3) is 2.07. The first-order valence-corrected chi connectivity index (χ1v) is 7.16. The number of aromatic nitrogens is 2. The summed E-state index contributed by atoms with van der Waals surface area (Å²) >= 11 is 0. The molecule has 108 valence electrons. The molecule has 0 spiro atoms.